The Kier molecular flexibility index (Phi) is 6.10. The Morgan fingerprint density at radius 3 is 2.67 bits per heavy atom. The monoisotopic (exact) mass is 451 g/mol. The van der Waals surface area contributed by atoms with Crippen molar-refractivity contribution in [2.75, 3.05) is 11.9 Å². The van der Waals surface area contributed by atoms with Gasteiger partial charge >= 0.3 is 0 Å². The first-order valence-electron chi connectivity index (χ1n) is 12.2. The van der Waals surface area contributed by atoms with Crippen LogP contribution in [-0.2, 0) is 9.59 Å². The Morgan fingerprint density at radius 1 is 1.18 bits per heavy atom. The first-order chi connectivity index (χ1) is 16.0. The number of hydrogen-bond donors (Lipinski definition) is 3. The average molecular weight is 452 g/mol. The van der Waals surface area contributed by atoms with Crippen molar-refractivity contribution in [2.45, 2.75) is 76.5 Å². The van der Waals surface area contributed by atoms with E-state index in [1.807, 2.05) is 30.3 Å². The Bertz CT molecular complexity index is 1010. The van der Waals surface area contributed by atoms with Gasteiger partial charge in [0.2, 0.25) is 5.91 Å². The van der Waals surface area contributed by atoms with E-state index in [4.69, 9.17) is 9.84 Å². The fourth-order valence-electron chi connectivity index (χ4n) is 4.82. The quantitative estimate of drug-likeness (QED) is 0.597. The van der Waals surface area contributed by atoms with Crippen molar-refractivity contribution in [3.8, 4) is 5.75 Å². The number of nitrogens with one attached hydrogen (secondary N) is 3. The maximum atomic E-state index is 12.7. The molecule has 8 nitrogen and oxygen atoms in total. The number of rotatable bonds is 7. The fourth-order valence-corrected chi connectivity index (χ4v) is 4.82. The lowest BCUT2D eigenvalue weighted by molar-refractivity contribution is -0.132. The van der Waals surface area contributed by atoms with Crippen molar-refractivity contribution in [1.82, 2.24) is 20.4 Å². The molecule has 3 atom stereocenters. The smallest absolute Gasteiger partial charge is 0.263 e. The molecule has 0 spiro atoms. The first kappa shape index (κ1) is 21.9. The standard InChI is InChI=1S/C25H33N5O3/c1-15(2)16-9-11-18(12-10-16)33-14-23(31)27-22-13-21(17-7-8-17)29-30(22)25-26-20-6-4-3-5-19(20)24(32)28-25/h9-13,15,17,19-20,25-26H,3-8,14H2,1-2H3,(H,27,31)(H,28,32). The zero-order chi connectivity index (χ0) is 22.9. The molecular formula is C25H33N5O3. The van der Waals surface area contributed by atoms with Crippen molar-refractivity contribution in [2.24, 2.45) is 5.92 Å². The summed E-state index contributed by atoms with van der Waals surface area (Å²) in [5.41, 5.74) is 2.18. The molecule has 1 aromatic heterocycles. The molecule has 8 heteroatoms. The molecule has 0 radical (unpaired) electrons. The highest BCUT2D eigenvalue weighted by Crippen LogP contribution is 2.40. The topological polar surface area (TPSA) is 97.3 Å². The van der Waals surface area contributed by atoms with Gasteiger partial charge < -0.3 is 15.4 Å². The van der Waals surface area contributed by atoms with Gasteiger partial charge in [0.1, 0.15) is 11.6 Å². The van der Waals surface area contributed by atoms with E-state index in [-0.39, 0.29) is 30.4 Å². The van der Waals surface area contributed by atoms with E-state index in [9.17, 15) is 9.59 Å². The minimum absolute atomic E-state index is 0.0157. The molecule has 2 heterocycles. The lowest BCUT2D eigenvalue weighted by Crippen LogP contribution is -2.59. The molecule has 176 valence electrons. The second-order valence-electron chi connectivity index (χ2n) is 9.81. The summed E-state index contributed by atoms with van der Waals surface area (Å²) < 4.78 is 7.40. The first-order valence-corrected chi connectivity index (χ1v) is 12.2. The van der Waals surface area contributed by atoms with E-state index in [2.05, 4.69) is 29.8 Å². The maximum absolute atomic E-state index is 12.7. The Labute approximate surface area is 194 Å². The van der Waals surface area contributed by atoms with Crippen molar-refractivity contribution in [3.63, 3.8) is 0 Å². The molecule has 2 amide bonds. The summed E-state index contributed by atoms with van der Waals surface area (Å²) in [6, 6.07) is 9.88. The van der Waals surface area contributed by atoms with Gasteiger partial charge in [-0.2, -0.15) is 5.10 Å². The lowest BCUT2D eigenvalue weighted by Gasteiger charge is -2.40. The molecule has 1 saturated heterocycles. The van der Waals surface area contributed by atoms with Crippen LogP contribution in [-0.4, -0.2) is 34.2 Å². The summed E-state index contributed by atoms with van der Waals surface area (Å²) in [5.74, 6) is 1.93. The molecular weight excluding hydrogens is 418 g/mol. The zero-order valence-corrected chi connectivity index (χ0v) is 19.3. The number of ether oxygens (including phenoxy) is 1. The van der Waals surface area contributed by atoms with Gasteiger partial charge in [0.25, 0.3) is 5.91 Å². The third-order valence-electron chi connectivity index (χ3n) is 6.93. The van der Waals surface area contributed by atoms with Crippen molar-refractivity contribution in [1.29, 1.82) is 0 Å². The fraction of sp³-hybridized carbons (Fsp3) is 0.560. The van der Waals surface area contributed by atoms with Crippen LogP contribution in [0.1, 0.15) is 81.8 Å². The van der Waals surface area contributed by atoms with Crippen LogP contribution in [0.15, 0.2) is 30.3 Å². The zero-order valence-electron chi connectivity index (χ0n) is 19.3. The minimum Gasteiger partial charge on any atom is -0.484 e. The summed E-state index contributed by atoms with van der Waals surface area (Å²) in [4.78, 5) is 25.4. The normalized spacial score (nSPS) is 24.8. The lowest BCUT2D eigenvalue weighted by atomic mass is 9.83. The highest BCUT2D eigenvalue weighted by atomic mass is 16.5. The van der Waals surface area contributed by atoms with Gasteiger partial charge in [0.05, 0.1) is 11.6 Å². The molecule has 2 aromatic rings. The highest BCUT2D eigenvalue weighted by molar-refractivity contribution is 5.91. The molecule has 3 unspecified atom stereocenters. The predicted octanol–water partition coefficient (Wildman–Crippen LogP) is 3.64. The molecule has 33 heavy (non-hydrogen) atoms. The van der Waals surface area contributed by atoms with Gasteiger partial charge in [-0.3, -0.25) is 14.9 Å². The molecule has 3 N–H and O–H groups in total. The molecule has 2 saturated carbocycles. The number of nitrogens with zero attached hydrogens (tertiary/aromatic N) is 2. The molecule has 0 bridgehead atoms. The third-order valence-corrected chi connectivity index (χ3v) is 6.93. The highest BCUT2D eigenvalue weighted by Gasteiger charge is 2.39. The van der Waals surface area contributed by atoms with Crippen LogP contribution in [0.2, 0.25) is 0 Å². The van der Waals surface area contributed by atoms with Crippen LogP contribution in [0.5, 0.6) is 5.75 Å². The van der Waals surface area contributed by atoms with Gasteiger partial charge in [-0.05, 0) is 49.3 Å². The van der Waals surface area contributed by atoms with E-state index in [1.165, 1.54) is 5.56 Å². The number of benzene rings is 1. The van der Waals surface area contributed by atoms with Gasteiger partial charge in [0, 0.05) is 18.0 Å². The number of carbonyl (C=O) groups is 2. The van der Waals surface area contributed by atoms with Crippen molar-refractivity contribution in [3.05, 3.63) is 41.6 Å². The van der Waals surface area contributed by atoms with Crippen LogP contribution in [0, 0.1) is 5.92 Å². The number of carbonyl (C=O) groups excluding carboxylic acids is 2. The van der Waals surface area contributed by atoms with Crippen molar-refractivity contribution < 1.29 is 14.3 Å². The van der Waals surface area contributed by atoms with E-state index < -0.39 is 6.29 Å². The third kappa shape index (κ3) is 4.90. The molecule has 3 fully saturated rings. The van der Waals surface area contributed by atoms with E-state index in [1.54, 1.807) is 4.68 Å². The molecule has 5 rings (SSSR count). The summed E-state index contributed by atoms with van der Waals surface area (Å²) in [5, 5.41) is 14.3. The Balaban J connectivity index is 1.27. The Hall–Kier alpha value is -2.87. The van der Waals surface area contributed by atoms with Crippen LogP contribution in [0.4, 0.5) is 5.82 Å². The second-order valence-corrected chi connectivity index (χ2v) is 9.81. The van der Waals surface area contributed by atoms with E-state index in [0.717, 1.165) is 44.2 Å². The van der Waals surface area contributed by atoms with Crippen LogP contribution in [0.3, 0.4) is 0 Å². The van der Waals surface area contributed by atoms with Gasteiger partial charge in [-0.15, -0.1) is 0 Å². The number of fused-ring (bicyclic) bond motifs is 1. The van der Waals surface area contributed by atoms with Gasteiger partial charge in [-0.1, -0.05) is 38.8 Å². The number of aromatic nitrogens is 2. The summed E-state index contributed by atoms with van der Waals surface area (Å²) in [6.45, 7) is 4.18. The van der Waals surface area contributed by atoms with Crippen LogP contribution < -0.4 is 20.7 Å². The predicted molar refractivity (Wildman–Crippen MR) is 125 cm³/mol. The molecule has 1 aliphatic heterocycles. The second kappa shape index (κ2) is 9.17. The molecule has 3 aliphatic rings. The maximum Gasteiger partial charge on any atom is 0.263 e. The molecule has 2 aliphatic carbocycles. The van der Waals surface area contributed by atoms with E-state index >= 15 is 0 Å². The summed E-state index contributed by atoms with van der Waals surface area (Å²) in [6.07, 6.45) is 5.86. The SMILES string of the molecule is CC(C)c1ccc(OCC(=O)Nc2cc(C3CC3)nn2C2NC(=O)C3CCCCC3N2)cc1. The Morgan fingerprint density at radius 2 is 1.94 bits per heavy atom. The molecule has 1 aromatic carbocycles. The number of hydrogen-bond acceptors (Lipinski definition) is 5. The average Bonchev–Trinajstić information content (AvgIpc) is 3.58. The van der Waals surface area contributed by atoms with Gasteiger partial charge in [-0.25, -0.2) is 4.68 Å². The van der Waals surface area contributed by atoms with Crippen LogP contribution >= 0.6 is 0 Å². The van der Waals surface area contributed by atoms with Crippen molar-refractivity contribution >= 4 is 17.6 Å². The summed E-state index contributed by atoms with van der Waals surface area (Å²) in [7, 11) is 0. The number of amides is 2. The van der Waals surface area contributed by atoms with E-state index in [0.29, 0.717) is 23.4 Å². The summed E-state index contributed by atoms with van der Waals surface area (Å²) >= 11 is 0. The largest absolute Gasteiger partial charge is 0.484 e. The van der Waals surface area contributed by atoms with Crippen LogP contribution in [0.25, 0.3) is 0 Å². The minimum atomic E-state index is -0.468. The number of anilines is 1. The van der Waals surface area contributed by atoms with Gasteiger partial charge in [0.15, 0.2) is 12.9 Å².